The summed E-state index contributed by atoms with van der Waals surface area (Å²) in [6, 6.07) is 13.8. The Morgan fingerprint density at radius 2 is 1.38 bits per heavy atom. The van der Waals surface area contributed by atoms with Crippen molar-refractivity contribution in [2.24, 2.45) is 10.8 Å². The lowest BCUT2D eigenvalue weighted by atomic mass is 9.50. The standard InChI is InChI=1S/C21H25NO2/c1-19(2,3)21(20(4,5)6)17-10-8-7-9-15(17)16-12-11-14(22(23)24)13-18(16)21/h7-13H,1-6H3. The molecular formula is C21H25NO2. The Morgan fingerprint density at radius 1 is 0.833 bits per heavy atom. The van der Waals surface area contributed by atoms with E-state index in [4.69, 9.17) is 0 Å². The Hall–Kier alpha value is -2.16. The van der Waals surface area contributed by atoms with Crippen molar-refractivity contribution in [1.29, 1.82) is 0 Å². The van der Waals surface area contributed by atoms with Crippen LogP contribution in [-0.4, -0.2) is 4.92 Å². The highest BCUT2D eigenvalue weighted by Crippen LogP contribution is 2.64. The smallest absolute Gasteiger partial charge is 0.258 e. The van der Waals surface area contributed by atoms with Crippen molar-refractivity contribution in [2.45, 2.75) is 47.0 Å². The lowest BCUT2D eigenvalue weighted by Gasteiger charge is -2.53. The van der Waals surface area contributed by atoms with E-state index in [1.807, 2.05) is 12.1 Å². The van der Waals surface area contributed by atoms with Crippen LogP contribution in [0.3, 0.4) is 0 Å². The lowest BCUT2D eigenvalue weighted by Crippen LogP contribution is -2.49. The first-order valence-corrected chi connectivity index (χ1v) is 8.40. The molecule has 1 aliphatic carbocycles. The largest absolute Gasteiger partial charge is 0.269 e. The van der Waals surface area contributed by atoms with E-state index < -0.39 is 0 Å². The first kappa shape index (κ1) is 16.7. The van der Waals surface area contributed by atoms with E-state index in [2.05, 4.69) is 59.7 Å². The molecule has 2 aromatic rings. The van der Waals surface area contributed by atoms with Crippen molar-refractivity contribution >= 4 is 5.69 Å². The fraction of sp³-hybridized carbons (Fsp3) is 0.429. The van der Waals surface area contributed by atoms with Crippen LogP contribution in [0.2, 0.25) is 0 Å². The van der Waals surface area contributed by atoms with Crippen LogP contribution in [0.1, 0.15) is 52.7 Å². The van der Waals surface area contributed by atoms with Crippen LogP contribution in [0.25, 0.3) is 11.1 Å². The number of non-ortho nitro benzene ring substituents is 1. The van der Waals surface area contributed by atoms with E-state index in [0.717, 1.165) is 11.1 Å². The van der Waals surface area contributed by atoms with Gasteiger partial charge in [-0.3, -0.25) is 10.1 Å². The molecule has 0 fully saturated rings. The molecule has 0 spiro atoms. The zero-order valence-corrected chi connectivity index (χ0v) is 15.3. The van der Waals surface area contributed by atoms with Crippen molar-refractivity contribution < 1.29 is 4.92 Å². The minimum absolute atomic E-state index is 0.0954. The number of fused-ring (bicyclic) bond motifs is 3. The summed E-state index contributed by atoms with van der Waals surface area (Å²) in [5, 5.41) is 11.4. The number of nitrogens with zero attached hydrogens (tertiary/aromatic N) is 1. The highest BCUT2D eigenvalue weighted by atomic mass is 16.6. The van der Waals surface area contributed by atoms with Gasteiger partial charge in [-0.05, 0) is 39.2 Å². The second-order valence-corrected chi connectivity index (χ2v) is 8.78. The van der Waals surface area contributed by atoms with Crippen LogP contribution in [0.4, 0.5) is 5.69 Å². The summed E-state index contributed by atoms with van der Waals surface area (Å²) in [7, 11) is 0. The maximum Gasteiger partial charge on any atom is 0.269 e. The second-order valence-electron chi connectivity index (χ2n) is 8.78. The molecule has 0 saturated heterocycles. The topological polar surface area (TPSA) is 43.1 Å². The summed E-state index contributed by atoms with van der Waals surface area (Å²) in [4.78, 5) is 11.1. The second kappa shape index (κ2) is 4.92. The van der Waals surface area contributed by atoms with Crippen molar-refractivity contribution in [3.05, 3.63) is 63.7 Å². The molecule has 1 aliphatic rings. The predicted octanol–water partition coefficient (Wildman–Crippen LogP) is 5.95. The van der Waals surface area contributed by atoms with Gasteiger partial charge in [0.05, 0.1) is 4.92 Å². The molecule has 0 atom stereocenters. The molecule has 0 aromatic heterocycles. The van der Waals surface area contributed by atoms with Crippen LogP contribution < -0.4 is 0 Å². The fourth-order valence-electron chi connectivity index (χ4n) is 5.12. The normalized spacial score (nSPS) is 15.8. The van der Waals surface area contributed by atoms with Gasteiger partial charge in [0, 0.05) is 17.5 Å². The van der Waals surface area contributed by atoms with Gasteiger partial charge in [-0.1, -0.05) is 65.8 Å². The molecule has 0 N–H and O–H groups in total. The summed E-state index contributed by atoms with van der Waals surface area (Å²) >= 11 is 0. The lowest BCUT2D eigenvalue weighted by molar-refractivity contribution is -0.385. The molecule has 0 unspecified atom stereocenters. The minimum Gasteiger partial charge on any atom is -0.258 e. The van der Waals surface area contributed by atoms with Crippen molar-refractivity contribution in [2.75, 3.05) is 0 Å². The van der Waals surface area contributed by atoms with Crippen molar-refractivity contribution in [3.63, 3.8) is 0 Å². The molecular weight excluding hydrogens is 298 g/mol. The zero-order valence-electron chi connectivity index (χ0n) is 15.3. The van der Waals surface area contributed by atoms with Crippen LogP contribution in [-0.2, 0) is 5.41 Å². The van der Waals surface area contributed by atoms with Crippen molar-refractivity contribution in [1.82, 2.24) is 0 Å². The fourth-order valence-corrected chi connectivity index (χ4v) is 5.12. The number of hydrogen-bond acceptors (Lipinski definition) is 2. The molecule has 3 rings (SSSR count). The molecule has 0 saturated carbocycles. The average molecular weight is 323 g/mol. The van der Waals surface area contributed by atoms with Crippen LogP contribution in [0.15, 0.2) is 42.5 Å². The van der Waals surface area contributed by atoms with E-state index in [0.29, 0.717) is 0 Å². The van der Waals surface area contributed by atoms with E-state index >= 15 is 0 Å². The third-order valence-corrected chi connectivity index (χ3v) is 5.49. The minimum atomic E-state index is -0.294. The zero-order chi connectivity index (χ0) is 17.9. The van der Waals surface area contributed by atoms with E-state index in [9.17, 15) is 10.1 Å². The maximum absolute atomic E-state index is 11.4. The van der Waals surface area contributed by atoms with Gasteiger partial charge in [0.1, 0.15) is 0 Å². The molecule has 3 heteroatoms. The molecule has 0 radical (unpaired) electrons. The first-order valence-electron chi connectivity index (χ1n) is 8.40. The number of nitro groups is 1. The van der Waals surface area contributed by atoms with E-state index in [1.165, 1.54) is 11.1 Å². The molecule has 2 aromatic carbocycles. The van der Waals surface area contributed by atoms with Crippen molar-refractivity contribution in [3.8, 4) is 11.1 Å². The van der Waals surface area contributed by atoms with E-state index in [-0.39, 0.29) is 26.9 Å². The number of nitro benzene ring substituents is 1. The van der Waals surface area contributed by atoms with Gasteiger partial charge in [0.15, 0.2) is 0 Å². The van der Waals surface area contributed by atoms with Crippen LogP contribution >= 0.6 is 0 Å². The van der Waals surface area contributed by atoms with Gasteiger partial charge >= 0.3 is 0 Å². The molecule has 0 amide bonds. The summed E-state index contributed by atoms with van der Waals surface area (Å²) in [5.74, 6) is 0. The Balaban J connectivity index is 2.50. The average Bonchev–Trinajstić information content (AvgIpc) is 2.76. The molecule has 24 heavy (non-hydrogen) atoms. The molecule has 0 bridgehead atoms. The Labute approximate surface area is 143 Å². The molecule has 0 aliphatic heterocycles. The Morgan fingerprint density at radius 3 is 1.92 bits per heavy atom. The molecule has 0 heterocycles. The predicted molar refractivity (Wildman–Crippen MR) is 98.2 cm³/mol. The number of rotatable bonds is 1. The maximum atomic E-state index is 11.4. The van der Waals surface area contributed by atoms with Gasteiger partial charge in [0.2, 0.25) is 0 Å². The molecule has 126 valence electrons. The summed E-state index contributed by atoms with van der Waals surface area (Å²) in [6.07, 6.45) is 0. The first-order chi connectivity index (χ1) is 11.0. The molecule has 3 nitrogen and oxygen atoms in total. The van der Waals surface area contributed by atoms with Gasteiger partial charge in [0.25, 0.3) is 5.69 Å². The highest BCUT2D eigenvalue weighted by molar-refractivity contribution is 5.83. The van der Waals surface area contributed by atoms with Gasteiger partial charge in [-0.25, -0.2) is 0 Å². The Kier molecular flexibility index (Phi) is 3.42. The summed E-state index contributed by atoms with van der Waals surface area (Å²) in [6.45, 7) is 13.4. The monoisotopic (exact) mass is 323 g/mol. The number of benzene rings is 2. The SMILES string of the molecule is CC(C)(C)C1(C(C)(C)C)c2ccccc2-c2ccc([N+](=O)[O-])cc21. The quantitative estimate of drug-likeness (QED) is 0.480. The Bertz CT molecular complexity index is 808. The third kappa shape index (κ3) is 1.97. The van der Waals surface area contributed by atoms with Crippen LogP contribution in [0.5, 0.6) is 0 Å². The van der Waals surface area contributed by atoms with Gasteiger partial charge < -0.3 is 0 Å². The van der Waals surface area contributed by atoms with Crippen LogP contribution in [0, 0.1) is 20.9 Å². The highest BCUT2D eigenvalue weighted by Gasteiger charge is 2.57. The summed E-state index contributed by atoms with van der Waals surface area (Å²) in [5.41, 5.74) is 4.37. The van der Waals surface area contributed by atoms with Gasteiger partial charge in [-0.15, -0.1) is 0 Å². The summed E-state index contributed by atoms with van der Waals surface area (Å²) < 4.78 is 0. The number of hydrogen-bond donors (Lipinski definition) is 0. The van der Waals surface area contributed by atoms with E-state index in [1.54, 1.807) is 12.1 Å². The third-order valence-electron chi connectivity index (χ3n) is 5.49. The van der Waals surface area contributed by atoms with Gasteiger partial charge in [-0.2, -0.15) is 0 Å².